The summed E-state index contributed by atoms with van der Waals surface area (Å²) < 4.78 is 60.3. The van der Waals surface area contributed by atoms with Gasteiger partial charge in [-0.05, 0) is 50.5 Å². The van der Waals surface area contributed by atoms with Crippen molar-refractivity contribution < 1.29 is 26.4 Å². The predicted molar refractivity (Wildman–Crippen MR) is 82.0 cm³/mol. The van der Waals surface area contributed by atoms with Gasteiger partial charge in [0.1, 0.15) is 0 Å². The van der Waals surface area contributed by atoms with Crippen LogP contribution in [0.2, 0.25) is 0 Å². The molecule has 1 fully saturated rings. The monoisotopic (exact) mass is 364 g/mol. The van der Waals surface area contributed by atoms with E-state index in [4.69, 9.17) is 5.73 Å². The highest BCUT2D eigenvalue weighted by Crippen LogP contribution is 2.30. The molecule has 24 heavy (non-hydrogen) atoms. The van der Waals surface area contributed by atoms with Gasteiger partial charge < -0.3 is 10.6 Å². The molecule has 1 aromatic carbocycles. The summed E-state index contributed by atoms with van der Waals surface area (Å²) in [5, 5.41) is 0. The number of piperidine rings is 1. The molecule has 0 radical (unpaired) electrons. The van der Waals surface area contributed by atoms with Crippen molar-refractivity contribution in [2.45, 2.75) is 48.7 Å². The second-order valence-electron chi connectivity index (χ2n) is 5.89. The van der Waals surface area contributed by atoms with Crippen molar-refractivity contribution in [1.82, 2.24) is 4.90 Å². The van der Waals surface area contributed by atoms with Gasteiger partial charge in [-0.2, -0.15) is 13.2 Å². The smallest absolute Gasteiger partial charge is 0.334 e. The summed E-state index contributed by atoms with van der Waals surface area (Å²) in [5.74, 6) is -0.354. The van der Waals surface area contributed by atoms with Crippen LogP contribution in [-0.4, -0.2) is 43.4 Å². The normalized spacial score (nSPS) is 20.7. The summed E-state index contributed by atoms with van der Waals surface area (Å²) in [5.41, 5.74) is 0.677. The SMILES string of the molecule is C[C@H](N)[C@H]1CCCCN1C(=O)c1ccc(S(=O)(=O)C(F)(F)F)cc1. The van der Waals surface area contributed by atoms with E-state index in [1.807, 2.05) is 0 Å². The van der Waals surface area contributed by atoms with Gasteiger partial charge in [-0.1, -0.05) is 0 Å². The van der Waals surface area contributed by atoms with Crippen LogP contribution in [0.15, 0.2) is 29.2 Å². The molecule has 0 spiro atoms. The van der Waals surface area contributed by atoms with Crippen LogP contribution in [0.25, 0.3) is 0 Å². The van der Waals surface area contributed by atoms with E-state index in [0.29, 0.717) is 6.54 Å². The van der Waals surface area contributed by atoms with Gasteiger partial charge >= 0.3 is 5.51 Å². The third-order valence-electron chi connectivity index (χ3n) is 4.13. The molecule has 0 aliphatic carbocycles. The number of halogens is 3. The molecule has 1 aliphatic rings. The fourth-order valence-electron chi connectivity index (χ4n) is 2.83. The van der Waals surface area contributed by atoms with Crippen LogP contribution in [0.3, 0.4) is 0 Å². The largest absolute Gasteiger partial charge is 0.501 e. The Kier molecular flexibility index (Phi) is 5.24. The van der Waals surface area contributed by atoms with Crippen molar-refractivity contribution in [2.75, 3.05) is 6.54 Å². The van der Waals surface area contributed by atoms with Crippen LogP contribution in [0.5, 0.6) is 0 Å². The average Bonchev–Trinajstić information content (AvgIpc) is 2.53. The van der Waals surface area contributed by atoms with E-state index >= 15 is 0 Å². The zero-order valence-electron chi connectivity index (χ0n) is 13.1. The second kappa shape index (κ2) is 6.72. The Morgan fingerprint density at radius 1 is 1.25 bits per heavy atom. The first-order chi connectivity index (χ1) is 11.1. The highest BCUT2D eigenvalue weighted by atomic mass is 32.2. The number of sulfone groups is 1. The molecule has 9 heteroatoms. The molecule has 2 rings (SSSR count). The molecule has 1 heterocycles. The Hall–Kier alpha value is -1.61. The average molecular weight is 364 g/mol. The molecule has 0 aromatic heterocycles. The molecule has 1 aliphatic heterocycles. The van der Waals surface area contributed by atoms with Crippen LogP contribution in [0.4, 0.5) is 13.2 Å². The summed E-state index contributed by atoms with van der Waals surface area (Å²) in [7, 11) is -5.41. The molecule has 2 N–H and O–H groups in total. The molecule has 134 valence electrons. The minimum atomic E-state index is -5.41. The lowest BCUT2D eigenvalue weighted by Crippen LogP contribution is -2.51. The topological polar surface area (TPSA) is 80.5 Å². The zero-order valence-corrected chi connectivity index (χ0v) is 13.9. The zero-order chi connectivity index (χ0) is 18.1. The number of hydrogen-bond donors (Lipinski definition) is 1. The van der Waals surface area contributed by atoms with E-state index < -0.39 is 20.2 Å². The molecule has 1 saturated heterocycles. The van der Waals surface area contributed by atoms with E-state index in [1.165, 1.54) is 0 Å². The Balaban J connectivity index is 2.26. The van der Waals surface area contributed by atoms with Crippen LogP contribution in [0, 0.1) is 0 Å². The quantitative estimate of drug-likeness (QED) is 0.893. The Labute approximate surface area is 138 Å². The third-order valence-corrected chi connectivity index (χ3v) is 5.64. The van der Waals surface area contributed by atoms with Gasteiger partial charge in [0, 0.05) is 24.2 Å². The molecule has 5 nitrogen and oxygen atoms in total. The molecule has 1 amide bonds. The third kappa shape index (κ3) is 3.56. The molecular formula is C15H19F3N2O3S. The Morgan fingerprint density at radius 3 is 2.33 bits per heavy atom. The highest BCUT2D eigenvalue weighted by Gasteiger charge is 2.46. The van der Waals surface area contributed by atoms with E-state index in [-0.39, 0.29) is 23.6 Å². The van der Waals surface area contributed by atoms with Crippen molar-refractivity contribution in [3.05, 3.63) is 29.8 Å². The number of nitrogens with two attached hydrogens (primary N) is 1. The van der Waals surface area contributed by atoms with Crippen molar-refractivity contribution in [3.63, 3.8) is 0 Å². The van der Waals surface area contributed by atoms with E-state index in [1.54, 1.807) is 11.8 Å². The van der Waals surface area contributed by atoms with Crippen LogP contribution in [-0.2, 0) is 9.84 Å². The maximum Gasteiger partial charge on any atom is 0.501 e. The number of nitrogens with zero attached hydrogens (tertiary/aromatic N) is 1. The Morgan fingerprint density at radius 2 is 1.83 bits per heavy atom. The first-order valence-corrected chi connectivity index (χ1v) is 9.02. The van der Waals surface area contributed by atoms with Gasteiger partial charge in [0.25, 0.3) is 15.7 Å². The molecule has 2 atom stereocenters. The first kappa shape index (κ1) is 18.7. The van der Waals surface area contributed by atoms with Gasteiger partial charge in [0.05, 0.1) is 4.90 Å². The molecule has 1 aromatic rings. The minimum absolute atomic E-state index is 0.134. The number of hydrogen-bond acceptors (Lipinski definition) is 4. The maximum absolute atomic E-state index is 12.6. The van der Waals surface area contributed by atoms with E-state index in [0.717, 1.165) is 43.5 Å². The van der Waals surface area contributed by atoms with Gasteiger partial charge in [0.2, 0.25) is 0 Å². The van der Waals surface area contributed by atoms with Crippen LogP contribution >= 0.6 is 0 Å². The first-order valence-electron chi connectivity index (χ1n) is 7.53. The number of benzene rings is 1. The number of carbonyl (C=O) groups is 1. The Bertz CT molecular complexity index is 700. The number of amides is 1. The number of carbonyl (C=O) groups excluding carboxylic acids is 1. The summed E-state index contributed by atoms with van der Waals surface area (Å²) in [6.07, 6.45) is 2.55. The summed E-state index contributed by atoms with van der Waals surface area (Å²) in [6.45, 7) is 2.32. The predicted octanol–water partition coefficient (Wildman–Crippen LogP) is 2.32. The van der Waals surface area contributed by atoms with E-state index in [9.17, 15) is 26.4 Å². The minimum Gasteiger partial charge on any atom is -0.334 e. The van der Waals surface area contributed by atoms with E-state index in [2.05, 4.69) is 0 Å². The van der Waals surface area contributed by atoms with Crippen molar-refractivity contribution in [2.24, 2.45) is 5.73 Å². The number of alkyl halides is 3. The van der Waals surface area contributed by atoms with Crippen molar-refractivity contribution >= 4 is 15.7 Å². The summed E-state index contributed by atoms with van der Waals surface area (Å²) in [6, 6.07) is 3.47. The van der Waals surface area contributed by atoms with Crippen LogP contribution in [0.1, 0.15) is 36.5 Å². The van der Waals surface area contributed by atoms with Gasteiger partial charge in [-0.3, -0.25) is 4.79 Å². The standard InChI is InChI=1S/C15H19F3N2O3S/c1-10(19)13-4-2-3-9-20(13)14(21)11-5-7-12(8-6-11)24(22,23)15(16,17)18/h5-8,10,13H,2-4,9,19H2,1H3/t10-,13+/m0/s1. The molecular weight excluding hydrogens is 345 g/mol. The van der Waals surface area contributed by atoms with Crippen LogP contribution < -0.4 is 5.73 Å². The van der Waals surface area contributed by atoms with Crippen molar-refractivity contribution in [1.29, 1.82) is 0 Å². The molecule has 0 bridgehead atoms. The number of likely N-dealkylation sites (tertiary alicyclic amines) is 1. The summed E-state index contributed by atoms with van der Waals surface area (Å²) >= 11 is 0. The second-order valence-corrected chi connectivity index (χ2v) is 7.84. The highest BCUT2D eigenvalue weighted by molar-refractivity contribution is 7.92. The number of rotatable bonds is 3. The lowest BCUT2D eigenvalue weighted by atomic mass is 9.96. The maximum atomic E-state index is 12.6. The fraction of sp³-hybridized carbons (Fsp3) is 0.533. The van der Waals surface area contributed by atoms with Gasteiger partial charge in [-0.25, -0.2) is 8.42 Å². The van der Waals surface area contributed by atoms with Gasteiger partial charge in [-0.15, -0.1) is 0 Å². The van der Waals surface area contributed by atoms with Crippen molar-refractivity contribution in [3.8, 4) is 0 Å². The van der Waals surface area contributed by atoms with Gasteiger partial charge in [0.15, 0.2) is 0 Å². The lowest BCUT2D eigenvalue weighted by Gasteiger charge is -2.38. The molecule has 0 saturated carbocycles. The fourth-order valence-corrected chi connectivity index (χ4v) is 3.59. The molecule has 0 unspecified atom stereocenters. The lowest BCUT2D eigenvalue weighted by molar-refractivity contribution is -0.0436. The summed E-state index contributed by atoms with van der Waals surface area (Å²) in [4.78, 5) is 13.3.